The second-order valence-electron chi connectivity index (χ2n) is 5.42. The van der Waals surface area contributed by atoms with Gasteiger partial charge in [-0.2, -0.15) is 0 Å². The molecule has 0 aliphatic rings. The van der Waals surface area contributed by atoms with Crippen LogP contribution in [0.2, 0.25) is 0 Å². The van der Waals surface area contributed by atoms with Crippen LogP contribution in [0.25, 0.3) is 22.6 Å². The summed E-state index contributed by atoms with van der Waals surface area (Å²) in [4.78, 5) is 26.2. The molecule has 4 rings (SSSR count). The number of imidazole rings is 1. The van der Waals surface area contributed by atoms with Gasteiger partial charge in [-0.1, -0.05) is 0 Å². The van der Waals surface area contributed by atoms with E-state index >= 15 is 0 Å². The molecule has 0 aromatic carbocycles. The molecule has 0 saturated heterocycles. The summed E-state index contributed by atoms with van der Waals surface area (Å²) >= 11 is 1.45. The maximum absolute atomic E-state index is 6.10. The van der Waals surface area contributed by atoms with Crippen LogP contribution in [0.4, 0.5) is 5.82 Å². The molecule has 4 aromatic heterocycles. The monoisotopic (exact) mass is 350 g/mol. The number of anilines is 1. The van der Waals surface area contributed by atoms with Gasteiger partial charge in [0, 0.05) is 25.6 Å². The molecule has 0 saturated carbocycles. The first kappa shape index (κ1) is 15.5. The number of rotatable bonds is 3. The van der Waals surface area contributed by atoms with Gasteiger partial charge < -0.3 is 10.3 Å². The summed E-state index contributed by atoms with van der Waals surface area (Å²) in [6, 6.07) is 3.76. The van der Waals surface area contributed by atoms with Gasteiger partial charge in [-0.05, 0) is 30.8 Å². The van der Waals surface area contributed by atoms with E-state index in [2.05, 4.69) is 29.9 Å². The lowest BCUT2D eigenvalue weighted by Gasteiger charge is -2.06. The maximum atomic E-state index is 6.10. The second kappa shape index (κ2) is 6.10. The standard InChI is InChI=1S/C16H14N8S/c1-9-7-20-11(8-19-9)15-21-10-3-4-12(22-13(10)14(17)23-15)25-16-18-5-6-24(16)2/h3-8H,1-2H3,(H2,17,21,23). The molecule has 0 radical (unpaired) electrons. The van der Waals surface area contributed by atoms with Gasteiger partial charge in [-0.25, -0.2) is 24.9 Å². The normalized spacial score (nSPS) is 11.1. The van der Waals surface area contributed by atoms with Crippen molar-refractivity contribution in [3.05, 3.63) is 42.6 Å². The van der Waals surface area contributed by atoms with Gasteiger partial charge in [0.05, 0.1) is 17.4 Å². The number of nitrogen functional groups attached to an aromatic ring is 1. The van der Waals surface area contributed by atoms with Crippen LogP contribution in [0.1, 0.15) is 5.69 Å². The summed E-state index contributed by atoms with van der Waals surface area (Å²) in [6.45, 7) is 1.87. The van der Waals surface area contributed by atoms with Crippen LogP contribution in [0, 0.1) is 6.92 Å². The highest BCUT2D eigenvalue weighted by molar-refractivity contribution is 7.99. The zero-order chi connectivity index (χ0) is 17.4. The van der Waals surface area contributed by atoms with Crippen molar-refractivity contribution in [2.75, 3.05) is 5.73 Å². The van der Waals surface area contributed by atoms with Crippen LogP contribution < -0.4 is 5.73 Å². The minimum atomic E-state index is 0.310. The molecular formula is C16H14N8S. The van der Waals surface area contributed by atoms with Crippen LogP contribution >= 0.6 is 11.8 Å². The maximum Gasteiger partial charge on any atom is 0.182 e. The lowest BCUT2D eigenvalue weighted by atomic mass is 10.3. The van der Waals surface area contributed by atoms with E-state index in [4.69, 9.17) is 5.73 Å². The number of hydrogen-bond donors (Lipinski definition) is 1. The molecule has 4 aromatic rings. The Morgan fingerprint density at radius 1 is 1.04 bits per heavy atom. The van der Waals surface area contributed by atoms with Gasteiger partial charge in [0.2, 0.25) is 0 Å². The predicted octanol–water partition coefficient (Wildman–Crippen LogP) is 2.26. The highest BCUT2D eigenvalue weighted by atomic mass is 32.2. The number of nitrogens with two attached hydrogens (primary N) is 1. The Bertz CT molecular complexity index is 1060. The molecule has 0 bridgehead atoms. The molecule has 25 heavy (non-hydrogen) atoms. The first-order valence-electron chi connectivity index (χ1n) is 7.48. The van der Waals surface area contributed by atoms with Crippen molar-refractivity contribution in [3.63, 3.8) is 0 Å². The van der Waals surface area contributed by atoms with E-state index in [9.17, 15) is 0 Å². The number of hydrogen-bond acceptors (Lipinski definition) is 8. The van der Waals surface area contributed by atoms with E-state index in [1.54, 1.807) is 18.6 Å². The van der Waals surface area contributed by atoms with Crippen molar-refractivity contribution in [3.8, 4) is 11.5 Å². The van der Waals surface area contributed by atoms with E-state index in [1.807, 2.05) is 36.9 Å². The van der Waals surface area contributed by atoms with E-state index in [1.165, 1.54) is 11.8 Å². The van der Waals surface area contributed by atoms with Gasteiger partial charge in [0.1, 0.15) is 16.2 Å². The molecule has 0 fully saturated rings. The number of nitrogens with zero attached hydrogens (tertiary/aromatic N) is 7. The van der Waals surface area contributed by atoms with E-state index < -0.39 is 0 Å². The summed E-state index contributed by atoms with van der Waals surface area (Å²) in [7, 11) is 1.93. The summed E-state index contributed by atoms with van der Waals surface area (Å²) in [5, 5.41) is 1.62. The third kappa shape index (κ3) is 3.01. The Hall–Kier alpha value is -3.07. The number of aromatic nitrogens is 7. The van der Waals surface area contributed by atoms with Crippen LogP contribution in [-0.4, -0.2) is 34.5 Å². The summed E-state index contributed by atoms with van der Waals surface area (Å²) < 4.78 is 1.93. The fourth-order valence-electron chi connectivity index (χ4n) is 2.24. The van der Waals surface area contributed by atoms with Gasteiger partial charge in [0.15, 0.2) is 16.8 Å². The molecule has 8 nitrogen and oxygen atoms in total. The van der Waals surface area contributed by atoms with Crippen LogP contribution in [0.15, 0.2) is 47.1 Å². The third-order valence-corrected chi connectivity index (χ3v) is 4.54. The Morgan fingerprint density at radius 2 is 1.92 bits per heavy atom. The van der Waals surface area contributed by atoms with Crippen molar-refractivity contribution < 1.29 is 0 Å². The van der Waals surface area contributed by atoms with Gasteiger partial charge >= 0.3 is 0 Å². The Morgan fingerprint density at radius 3 is 2.64 bits per heavy atom. The van der Waals surface area contributed by atoms with Crippen molar-refractivity contribution in [1.29, 1.82) is 0 Å². The molecule has 0 amide bonds. The lowest BCUT2D eigenvalue weighted by molar-refractivity contribution is 0.789. The highest BCUT2D eigenvalue weighted by Crippen LogP contribution is 2.27. The SMILES string of the molecule is Cc1cnc(-c2nc(N)c3nc(Sc4nccn4C)ccc3n2)cn1. The average Bonchev–Trinajstić information content (AvgIpc) is 3.01. The third-order valence-electron chi connectivity index (χ3n) is 3.53. The molecule has 0 spiro atoms. The van der Waals surface area contributed by atoms with Gasteiger partial charge in [-0.3, -0.25) is 4.98 Å². The summed E-state index contributed by atoms with van der Waals surface area (Å²) in [5.41, 5.74) is 8.73. The van der Waals surface area contributed by atoms with Gasteiger partial charge in [-0.15, -0.1) is 0 Å². The first-order valence-corrected chi connectivity index (χ1v) is 8.30. The molecular weight excluding hydrogens is 336 g/mol. The van der Waals surface area contributed by atoms with Crippen molar-refractivity contribution in [2.45, 2.75) is 17.1 Å². The molecule has 0 atom stereocenters. The quantitative estimate of drug-likeness (QED) is 0.599. The van der Waals surface area contributed by atoms with Crippen molar-refractivity contribution in [1.82, 2.24) is 34.5 Å². The van der Waals surface area contributed by atoms with E-state index in [-0.39, 0.29) is 0 Å². The zero-order valence-corrected chi connectivity index (χ0v) is 14.4. The average molecular weight is 350 g/mol. The predicted molar refractivity (Wildman–Crippen MR) is 94.8 cm³/mol. The number of aryl methyl sites for hydroxylation is 2. The Balaban J connectivity index is 1.74. The minimum Gasteiger partial charge on any atom is -0.382 e. The highest BCUT2D eigenvalue weighted by Gasteiger charge is 2.12. The summed E-state index contributed by atoms with van der Waals surface area (Å²) in [6.07, 6.45) is 6.93. The zero-order valence-electron chi connectivity index (χ0n) is 13.6. The number of fused-ring (bicyclic) bond motifs is 1. The van der Waals surface area contributed by atoms with Crippen molar-refractivity contribution >= 4 is 28.6 Å². The van der Waals surface area contributed by atoms with Crippen molar-refractivity contribution in [2.24, 2.45) is 7.05 Å². The molecule has 2 N–H and O–H groups in total. The fraction of sp³-hybridized carbons (Fsp3) is 0.125. The first-order chi connectivity index (χ1) is 12.1. The Kier molecular flexibility index (Phi) is 3.77. The van der Waals surface area contributed by atoms with Crippen LogP contribution in [-0.2, 0) is 7.05 Å². The largest absolute Gasteiger partial charge is 0.382 e. The molecule has 0 aliphatic carbocycles. The lowest BCUT2D eigenvalue weighted by Crippen LogP contribution is -2.01. The fourth-order valence-corrected chi connectivity index (χ4v) is 3.02. The molecule has 0 unspecified atom stereocenters. The molecule has 124 valence electrons. The van der Waals surface area contributed by atoms with E-state index in [0.717, 1.165) is 15.9 Å². The van der Waals surface area contributed by atoms with E-state index in [0.29, 0.717) is 28.4 Å². The van der Waals surface area contributed by atoms with Crippen LogP contribution in [0.5, 0.6) is 0 Å². The smallest absolute Gasteiger partial charge is 0.182 e. The van der Waals surface area contributed by atoms with Gasteiger partial charge in [0.25, 0.3) is 0 Å². The molecule has 0 aliphatic heterocycles. The molecule has 9 heteroatoms. The summed E-state index contributed by atoms with van der Waals surface area (Å²) in [5.74, 6) is 0.744. The topological polar surface area (TPSA) is 108 Å². The number of pyridine rings is 1. The second-order valence-corrected chi connectivity index (χ2v) is 6.40. The van der Waals surface area contributed by atoms with Crippen LogP contribution in [0.3, 0.4) is 0 Å². The minimum absolute atomic E-state index is 0.310. The molecule has 4 heterocycles. The Labute approximate surface area is 147 Å².